The molecule has 0 aromatic heterocycles. The number of halogens is 1. The maximum Gasteiger partial charge on any atom is 0.329 e. The molecule has 1 N–H and O–H groups in total. The van der Waals surface area contributed by atoms with E-state index in [9.17, 15) is 9.59 Å². The van der Waals surface area contributed by atoms with Crippen molar-refractivity contribution in [3.63, 3.8) is 0 Å². The Balaban J connectivity index is 1.86. The lowest BCUT2D eigenvalue weighted by Gasteiger charge is -2.43. The maximum absolute atomic E-state index is 12.5. The minimum absolute atomic E-state index is 0.138. The van der Waals surface area contributed by atoms with Crippen molar-refractivity contribution in [2.75, 3.05) is 4.90 Å². The average Bonchev–Trinajstić information content (AvgIpc) is 2.42. The Morgan fingerprint density at radius 3 is 2.52 bits per heavy atom. The lowest BCUT2D eigenvalue weighted by Crippen LogP contribution is -2.62. The standard InChI is InChI=1S/C16H19ClN2O2/c1-11-5-6-12(9-13(11)17)19-14(20)10-16(18-15(19)21)7-3-2-4-8-16/h5-6,9H,2-4,7-8,10H2,1H3,(H,18,21). The minimum Gasteiger partial charge on any atom is -0.331 e. The fourth-order valence-electron chi connectivity index (χ4n) is 3.32. The monoisotopic (exact) mass is 306 g/mol. The Labute approximate surface area is 129 Å². The number of nitrogens with one attached hydrogen (secondary N) is 1. The van der Waals surface area contributed by atoms with Gasteiger partial charge in [0.25, 0.3) is 0 Å². The molecule has 21 heavy (non-hydrogen) atoms. The Hall–Kier alpha value is -1.55. The topological polar surface area (TPSA) is 49.4 Å². The van der Waals surface area contributed by atoms with Crippen LogP contribution in [0.15, 0.2) is 18.2 Å². The minimum atomic E-state index is -0.326. The molecule has 4 nitrogen and oxygen atoms in total. The molecule has 0 unspecified atom stereocenters. The number of amides is 3. The van der Waals surface area contributed by atoms with Gasteiger partial charge in [-0.15, -0.1) is 0 Å². The van der Waals surface area contributed by atoms with Crippen molar-refractivity contribution < 1.29 is 9.59 Å². The second-order valence-corrected chi connectivity index (χ2v) is 6.52. The first-order valence-corrected chi connectivity index (χ1v) is 7.80. The smallest absolute Gasteiger partial charge is 0.329 e. The van der Waals surface area contributed by atoms with E-state index in [-0.39, 0.29) is 17.5 Å². The third kappa shape index (κ3) is 2.64. The molecule has 1 aromatic rings. The van der Waals surface area contributed by atoms with Gasteiger partial charge in [0, 0.05) is 5.02 Å². The summed E-state index contributed by atoms with van der Waals surface area (Å²) in [6, 6.07) is 4.93. The highest BCUT2D eigenvalue weighted by molar-refractivity contribution is 6.32. The van der Waals surface area contributed by atoms with Crippen molar-refractivity contribution >= 4 is 29.2 Å². The number of urea groups is 1. The van der Waals surface area contributed by atoms with Crippen molar-refractivity contribution in [1.29, 1.82) is 0 Å². The van der Waals surface area contributed by atoms with E-state index in [4.69, 9.17) is 11.6 Å². The first-order valence-electron chi connectivity index (χ1n) is 7.42. The summed E-state index contributed by atoms with van der Waals surface area (Å²) < 4.78 is 0. The molecule has 0 atom stereocenters. The first kappa shape index (κ1) is 14.4. The molecule has 1 saturated carbocycles. The van der Waals surface area contributed by atoms with E-state index in [0.717, 1.165) is 31.2 Å². The van der Waals surface area contributed by atoms with Crippen LogP contribution < -0.4 is 10.2 Å². The lowest BCUT2D eigenvalue weighted by atomic mass is 9.78. The van der Waals surface area contributed by atoms with E-state index in [1.807, 2.05) is 13.0 Å². The number of rotatable bonds is 1. The fourth-order valence-corrected chi connectivity index (χ4v) is 3.50. The normalized spacial score (nSPS) is 21.5. The highest BCUT2D eigenvalue weighted by atomic mass is 35.5. The van der Waals surface area contributed by atoms with Gasteiger partial charge in [-0.2, -0.15) is 0 Å². The van der Waals surface area contributed by atoms with Crippen LogP contribution in [0.3, 0.4) is 0 Å². The quantitative estimate of drug-likeness (QED) is 0.858. The van der Waals surface area contributed by atoms with Crippen molar-refractivity contribution in [3.05, 3.63) is 28.8 Å². The summed E-state index contributed by atoms with van der Waals surface area (Å²) in [6.07, 6.45) is 5.50. The van der Waals surface area contributed by atoms with Gasteiger partial charge in [-0.3, -0.25) is 4.79 Å². The molecule has 0 radical (unpaired) electrons. The molecular weight excluding hydrogens is 288 g/mol. The van der Waals surface area contributed by atoms with Crippen molar-refractivity contribution in [2.45, 2.75) is 51.0 Å². The van der Waals surface area contributed by atoms with E-state index < -0.39 is 0 Å². The van der Waals surface area contributed by atoms with E-state index in [0.29, 0.717) is 17.1 Å². The largest absolute Gasteiger partial charge is 0.331 e. The molecule has 5 heteroatoms. The van der Waals surface area contributed by atoms with Gasteiger partial charge in [-0.1, -0.05) is 36.9 Å². The second kappa shape index (κ2) is 5.34. The molecule has 2 aliphatic rings. The highest BCUT2D eigenvalue weighted by Crippen LogP contribution is 2.35. The number of benzene rings is 1. The Morgan fingerprint density at radius 2 is 1.90 bits per heavy atom. The molecule has 112 valence electrons. The second-order valence-electron chi connectivity index (χ2n) is 6.11. The van der Waals surface area contributed by atoms with Crippen LogP contribution in [0.25, 0.3) is 0 Å². The molecule has 1 aliphatic carbocycles. The van der Waals surface area contributed by atoms with Crippen LogP contribution in [-0.2, 0) is 4.79 Å². The van der Waals surface area contributed by atoms with E-state index in [2.05, 4.69) is 5.32 Å². The number of anilines is 1. The number of nitrogens with zero attached hydrogens (tertiary/aromatic N) is 1. The molecule has 3 amide bonds. The Morgan fingerprint density at radius 1 is 1.19 bits per heavy atom. The number of hydrogen-bond acceptors (Lipinski definition) is 2. The van der Waals surface area contributed by atoms with Crippen molar-refractivity contribution in [3.8, 4) is 0 Å². The van der Waals surface area contributed by atoms with Crippen molar-refractivity contribution in [1.82, 2.24) is 5.32 Å². The van der Waals surface area contributed by atoms with Gasteiger partial charge in [0.15, 0.2) is 0 Å². The van der Waals surface area contributed by atoms with Crippen LogP contribution in [0.5, 0.6) is 0 Å². The number of carbonyl (C=O) groups excluding carboxylic acids is 2. The molecule has 3 rings (SSSR count). The third-order valence-electron chi connectivity index (χ3n) is 4.54. The molecule has 0 bridgehead atoms. The SMILES string of the molecule is Cc1ccc(N2C(=O)CC3(CCCCC3)NC2=O)cc1Cl. The summed E-state index contributed by atoms with van der Waals surface area (Å²) in [5.41, 5.74) is 1.14. The fraction of sp³-hybridized carbons (Fsp3) is 0.500. The van der Waals surface area contributed by atoms with Gasteiger partial charge in [0.05, 0.1) is 17.6 Å². The van der Waals surface area contributed by atoms with Gasteiger partial charge in [-0.05, 0) is 37.5 Å². The van der Waals surface area contributed by atoms with Crippen molar-refractivity contribution in [2.24, 2.45) is 0 Å². The van der Waals surface area contributed by atoms with Crippen LogP contribution >= 0.6 is 11.6 Å². The third-order valence-corrected chi connectivity index (χ3v) is 4.95. The summed E-state index contributed by atoms with van der Waals surface area (Å²) in [5.74, 6) is -0.138. The molecule has 1 spiro atoms. The summed E-state index contributed by atoms with van der Waals surface area (Å²) in [4.78, 5) is 26.1. The summed E-state index contributed by atoms with van der Waals surface area (Å²) >= 11 is 6.10. The maximum atomic E-state index is 12.5. The van der Waals surface area contributed by atoms with E-state index in [1.165, 1.54) is 11.3 Å². The zero-order chi connectivity index (χ0) is 15.0. The van der Waals surface area contributed by atoms with Gasteiger partial charge in [-0.25, -0.2) is 9.69 Å². The highest BCUT2D eigenvalue weighted by Gasteiger charge is 2.44. The lowest BCUT2D eigenvalue weighted by molar-refractivity contribution is -0.120. The molecule has 1 saturated heterocycles. The van der Waals surface area contributed by atoms with Crippen LogP contribution in [0.4, 0.5) is 10.5 Å². The number of imide groups is 1. The zero-order valence-electron chi connectivity index (χ0n) is 12.1. The van der Waals surface area contributed by atoms with Crippen LogP contribution in [0, 0.1) is 6.92 Å². The predicted molar refractivity (Wildman–Crippen MR) is 82.6 cm³/mol. The van der Waals surface area contributed by atoms with E-state index >= 15 is 0 Å². The van der Waals surface area contributed by atoms with Crippen LogP contribution in [0.1, 0.15) is 44.1 Å². The number of hydrogen-bond donors (Lipinski definition) is 1. The first-order chi connectivity index (χ1) is 10.0. The Kier molecular flexibility index (Phi) is 3.66. The van der Waals surface area contributed by atoms with Gasteiger partial charge >= 0.3 is 6.03 Å². The summed E-state index contributed by atoms with van der Waals surface area (Å²) in [6.45, 7) is 1.89. The molecule has 2 fully saturated rings. The molecule has 1 heterocycles. The zero-order valence-corrected chi connectivity index (χ0v) is 12.9. The molecule has 1 aromatic carbocycles. The Bertz CT molecular complexity index is 574. The summed E-state index contributed by atoms with van der Waals surface area (Å²) in [7, 11) is 0. The number of aryl methyl sites for hydroxylation is 1. The molecular formula is C16H19ClN2O2. The predicted octanol–water partition coefficient (Wildman–Crippen LogP) is 3.80. The van der Waals surface area contributed by atoms with Crippen LogP contribution in [0.2, 0.25) is 5.02 Å². The van der Waals surface area contributed by atoms with Gasteiger partial charge in [0.1, 0.15) is 0 Å². The van der Waals surface area contributed by atoms with Gasteiger partial charge in [0.2, 0.25) is 5.91 Å². The van der Waals surface area contributed by atoms with E-state index in [1.54, 1.807) is 12.1 Å². The van der Waals surface area contributed by atoms with Crippen LogP contribution in [-0.4, -0.2) is 17.5 Å². The number of carbonyl (C=O) groups is 2. The van der Waals surface area contributed by atoms with Gasteiger partial charge < -0.3 is 5.32 Å². The average molecular weight is 307 g/mol. The molecule has 1 aliphatic heterocycles. The summed E-state index contributed by atoms with van der Waals surface area (Å²) in [5, 5.41) is 3.63.